The van der Waals surface area contributed by atoms with Crippen LogP contribution >= 0.6 is 0 Å². The van der Waals surface area contributed by atoms with Gasteiger partial charge < -0.3 is 10.2 Å². The summed E-state index contributed by atoms with van der Waals surface area (Å²) in [7, 11) is 0. The molecule has 1 aromatic rings. The number of alkyl halides is 5. The number of para-hydroxylation sites is 1. The number of rotatable bonds is 3. The van der Waals surface area contributed by atoms with Crippen LogP contribution in [0.4, 0.5) is 22.0 Å². The van der Waals surface area contributed by atoms with Gasteiger partial charge in [-0.05, 0) is 25.1 Å². The van der Waals surface area contributed by atoms with E-state index < -0.39 is 35.4 Å². The first-order valence-electron chi connectivity index (χ1n) is 6.33. The number of phenols is 1. The molecule has 0 unspecified atom stereocenters. The van der Waals surface area contributed by atoms with E-state index in [1.807, 2.05) is 5.43 Å². The van der Waals surface area contributed by atoms with Crippen molar-refractivity contribution in [3.63, 3.8) is 0 Å². The third-order valence-electron chi connectivity index (χ3n) is 3.06. The monoisotopic (exact) mass is 354 g/mol. The summed E-state index contributed by atoms with van der Waals surface area (Å²) in [6.45, 7) is 1.13. The summed E-state index contributed by atoms with van der Waals surface area (Å²) in [6.07, 6.45) is -10.7. The van der Waals surface area contributed by atoms with Crippen LogP contribution in [0.15, 0.2) is 36.0 Å². The molecule has 0 bridgehead atoms. The Morgan fingerprint density at radius 1 is 1.25 bits per heavy atom. The normalized spacial score (nSPS) is 21.5. The molecule has 1 aromatic carbocycles. The lowest BCUT2D eigenvalue weighted by atomic mass is 10.1. The van der Waals surface area contributed by atoms with Gasteiger partial charge in [0.05, 0.1) is 5.56 Å². The number of nitrogens with zero attached hydrogens (tertiary/aromatic N) is 1. The summed E-state index contributed by atoms with van der Waals surface area (Å²) in [4.78, 5) is 12.3. The van der Waals surface area contributed by atoms with E-state index in [9.17, 15) is 37.0 Å². The lowest BCUT2D eigenvalue weighted by Gasteiger charge is -2.37. The van der Waals surface area contributed by atoms with Crippen molar-refractivity contribution in [1.29, 1.82) is 0 Å². The van der Waals surface area contributed by atoms with E-state index in [-0.39, 0.29) is 10.7 Å². The minimum Gasteiger partial charge on any atom is -0.507 e. The van der Waals surface area contributed by atoms with Crippen molar-refractivity contribution in [3.05, 3.63) is 41.6 Å². The molecule has 0 radical (unpaired) electrons. The maximum atomic E-state index is 13.9. The molecule has 0 saturated heterocycles. The van der Waals surface area contributed by atoms with Gasteiger partial charge in [-0.1, -0.05) is 12.1 Å². The van der Waals surface area contributed by atoms with Gasteiger partial charge in [0.15, 0.2) is 0 Å². The van der Waals surface area contributed by atoms with Crippen LogP contribution in [0.3, 0.4) is 0 Å². The fourth-order valence-electron chi connectivity index (χ4n) is 2.08. The SMILES string of the molecule is CC1=C[C@](O)(C(F)(F)OC(F)(F)F)N(C(=O)c2ccccc2O)N1. The van der Waals surface area contributed by atoms with Gasteiger partial charge in [0.1, 0.15) is 5.75 Å². The third-order valence-corrected chi connectivity index (χ3v) is 3.06. The van der Waals surface area contributed by atoms with E-state index in [1.165, 1.54) is 12.1 Å². The minimum atomic E-state index is -5.77. The number of ether oxygens (including phenoxy) is 1. The number of phenolic OH excluding ortho intramolecular Hbond substituents is 1. The highest BCUT2D eigenvalue weighted by atomic mass is 19.4. The first-order valence-corrected chi connectivity index (χ1v) is 6.33. The van der Waals surface area contributed by atoms with Crippen molar-refractivity contribution in [1.82, 2.24) is 10.4 Å². The predicted molar refractivity (Wildman–Crippen MR) is 68.2 cm³/mol. The molecule has 1 aliphatic rings. The van der Waals surface area contributed by atoms with E-state index in [1.54, 1.807) is 0 Å². The molecule has 0 saturated carbocycles. The molecule has 6 nitrogen and oxygen atoms in total. The zero-order valence-corrected chi connectivity index (χ0v) is 11.9. The van der Waals surface area contributed by atoms with Crippen molar-refractivity contribution >= 4 is 5.91 Å². The number of carbonyl (C=O) groups is 1. The number of hydrogen-bond donors (Lipinski definition) is 3. The fourth-order valence-corrected chi connectivity index (χ4v) is 2.08. The quantitative estimate of drug-likeness (QED) is 0.724. The topological polar surface area (TPSA) is 82.0 Å². The highest BCUT2D eigenvalue weighted by Crippen LogP contribution is 2.42. The van der Waals surface area contributed by atoms with Crippen LogP contribution in [0.1, 0.15) is 17.3 Å². The fraction of sp³-hybridized carbons (Fsp3) is 0.308. The number of amides is 1. The molecular weight excluding hydrogens is 343 g/mol. The van der Waals surface area contributed by atoms with E-state index in [0.717, 1.165) is 19.1 Å². The second kappa shape index (κ2) is 5.60. The molecule has 3 N–H and O–H groups in total. The maximum Gasteiger partial charge on any atom is 0.527 e. The average Bonchev–Trinajstić information content (AvgIpc) is 2.73. The molecule has 2 rings (SSSR count). The molecule has 0 spiro atoms. The van der Waals surface area contributed by atoms with Crippen LogP contribution in [0.25, 0.3) is 0 Å². The molecule has 0 aromatic heterocycles. The Hall–Kier alpha value is -2.40. The lowest BCUT2D eigenvalue weighted by Crippen LogP contribution is -2.63. The number of hydrazine groups is 1. The van der Waals surface area contributed by atoms with Crippen molar-refractivity contribution in [3.8, 4) is 5.75 Å². The number of aliphatic hydroxyl groups is 1. The van der Waals surface area contributed by atoms with Gasteiger partial charge in [-0.25, -0.2) is 9.75 Å². The number of hydrogen-bond acceptors (Lipinski definition) is 5. The average molecular weight is 354 g/mol. The molecule has 1 amide bonds. The van der Waals surface area contributed by atoms with Crippen LogP contribution in [-0.2, 0) is 4.74 Å². The first-order chi connectivity index (χ1) is 10.9. The van der Waals surface area contributed by atoms with Gasteiger partial charge in [-0.15, -0.1) is 13.2 Å². The van der Waals surface area contributed by atoms with Gasteiger partial charge in [0.25, 0.3) is 11.6 Å². The third kappa shape index (κ3) is 3.12. The Morgan fingerprint density at radius 2 is 1.83 bits per heavy atom. The highest BCUT2D eigenvalue weighted by molar-refractivity contribution is 5.97. The van der Waals surface area contributed by atoms with Gasteiger partial charge in [0.2, 0.25) is 0 Å². The van der Waals surface area contributed by atoms with Crippen LogP contribution in [-0.4, -0.2) is 39.3 Å². The van der Waals surface area contributed by atoms with Crippen molar-refractivity contribution in [2.75, 3.05) is 0 Å². The van der Waals surface area contributed by atoms with Crippen LogP contribution in [0.5, 0.6) is 5.75 Å². The summed E-state index contributed by atoms with van der Waals surface area (Å²) >= 11 is 0. The Bertz CT molecular complexity index is 691. The number of halogens is 5. The van der Waals surface area contributed by atoms with Gasteiger partial charge in [-0.2, -0.15) is 8.78 Å². The summed E-state index contributed by atoms with van der Waals surface area (Å²) in [6, 6.07) is 4.72. The molecular formula is C13H11F5N2O4. The zero-order chi connectivity index (χ0) is 18.3. The smallest absolute Gasteiger partial charge is 0.507 e. The summed E-state index contributed by atoms with van der Waals surface area (Å²) in [5, 5.41) is 19.5. The molecule has 0 aliphatic carbocycles. The van der Waals surface area contributed by atoms with E-state index in [2.05, 4.69) is 4.74 Å². The number of carbonyl (C=O) groups excluding carboxylic acids is 1. The number of aromatic hydroxyl groups is 1. The minimum absolute atomic E-state index is 0.150. The van der Waals surface area contributed by atoms with Gasteiger partial charge in [0, 0.05) is 5.70 Å². The molecule has 1 aliphatic heterocycles. The van der Waals surface area contributed by atoms with Crippen LogP contribution < -0.4 is 5.43 Å². The Balaban J connectivity index is 2.44. The molecule has 1 heterocycles. The predicted octanol–water partition coefficient (Wildman–Crippen LogP) is 2.07. The maximum absolute atomic E-state index is 13.9. The second-order valence-corrected chi connectivity index (χ2v) is 4.89. The second-order valence-electron chi connectivity index (χ2n) is 4.89. The molecule has 11 heteroatoms. The molecule has 0 fully saturated rings. The highest BCUT2D eigenvalue weighted by Gasteiger charge is 2.65. The Kier molecular flexibility index (Phi) is 4.19. The van der Waals surface area contributed by atoms with Crippen molar-refractivity contribution < 1.29 is 41.7 Å². The lowest BCUT2D eigenvalue weighted by molar-refractivity contribution is -0.463. The van der Waals surface area contributed by atoms with Crippen molar-refractivity contribution in [2.45, 2.75) is 25.1 Å². The standard InChI is InChI=1S/C13H11F5N2O4/c1-7-6-11(23,12(14,15)24-13(16,17)18)20(19-7)10(22)8-4-2-3-5-9(8)21/h2-6,19,21,23H,1H3/t11-/m0/s1. The largest absolute Gasteiger partial charge is 0.527 e. The Morgan fingerprint density at radius 3 is 2.38 bits per heavy atom. The van der Waals surface area contributed by atoms with E-state index in [0.29, 0.717) is 6.08 Å². The van der Waals surface area contributed by atoms with Gasteiger partial charge in [-0.3, -0.25) is 10.2 Å². The van der Waals surface area contributed by atoms with Gasteiger partial charge >= 0.3 is 12.5 Å². The number of nitrogens with one attached hydrogen (secondary N) is 1. The molecule has 132 valence electrons. The number of benzene rings is 1. The number of allylic oxidation sites excluding steroid dienone is 1. The van der Waals surface area contributed by atoms with E-state index >= 15 is 0 Å². The van der Waals surface area contributed by atoms with Crippen LogP contribution in [0.2, 0.25) is 0 Å². The molecule has 24 heavy (non-hydrogen) atoms. The van der Waals surface area contributed by atoms with Crippen LogP contribution in [0, 0.1) is 0 Å². The first kappa shape index (κ1) is 17.9. The van der Waals surface area contributed by atoms with Crippen molar-refractivity contribution in [2.24, 2.45) is 0 Å². The summed E-state index contributed by atoms with van der Waals surface area (Å²) < 4.78 is 67.0. The molecule has 1 atom stereocenters. The summed E-state index contributed by atoms with van der Waals surface area (Å²) in [5.74, 6) is -2.01. The Labute approximate surface area is 131 Å². The van der Waals surface area contributed by atoms with E-state index in [4.69, 9.17) is 0 Å². The zero-order valence-electron chi connectivity index (χ0n) is 11.9. The summed E-state index contributed by atoms with van der Waals surface area (Å²) in [5.41, 5.74) is -2.50.